The minimum Gasteiger partial charge on any atom is -0.457 e. The van der Waals surface area contributed by atoms with Gasteiger partial charge in [0.2, 0.25) is 0 Å². The molecule has 0 aliphatic carbocycles. The fourth-order valence-electron chi connectivity index (χ4n) is 5.02. The normalized spacial score (nSPS) is 12.3. The molecule has 1 aliphatic rings. The van der Waals surface area contributed by atoms with Crippen LogP contribution in [0.5, 0.6) is 11.5 Å². The average Bonchev–Trinajstić information content (AvgIpc) is 3.33. The van der Waals surface area contributed by atoms with Crippen molar-refractivity contribution in [2.75, 3.05) is 0 Å². The summed E-state index contributed by atoms with van der Waals surface area (Å²) in [6.45, 7) is 5.04. The molecule has 1 amide bonds. The Kier molecular flexibility index (Phi) is 8.85. The van der Waals surface area contributed by atoms with Crippen molar-refractivity contribution in [1.29, 1.82) is 0 Å². The van der Waals surface area contributed by atoms with Crippen LogP contribution < -0.4 is 15.4 Å². The molecule has 0 saturated carbocycles. The predicted molar refractivity (Wildman–Crippen MR) is 180 cm³/mol. The van der Waals surface area contributed by atoms with Gasteiger partial charge in [-0.3, -0.25) is 4.79 Å². The van der Waals surface area contributed by atoms with Crippen LogP contribution in [-0.2, 0) is 19.5 Å². The minimum atomic E-state index is -0.134. The summed E-state index contributed by atoms with van der Waals surface area (Å²) in [6.07, 6.45) is 8.83. The smallest absolute Gasteiger partial charge is 0.251 e. The quantitative estimate of drug-likeness (QED) is 0.161. The van der Waals surface area contributed by atoms with Crippen LogP contribution in [0, 0.1) is 0 Å². The van der Waals surface area contributed by atoms with E-state index in [9.17, 15) is 4.79 Å². The number of halogens is 1. The van der Waals surface area contributed by atoms with Crippen molar-refractivity contribution in [2.45, 2.75) is 19.5 Å². The first kappa shape index (κ1) is 29.0. The SMILES string of the molecule is C=Cc1ccccc1C1=CCc2c(Br)cnn2C(NCc2ccc(CNC(=O)c3ccc(Oc4ccccc4)cc3)cc2)=C1. The van der Waals surface area contributed by atoms with Crippen molar-refractivity contribution in [2.24, 2.45) is 0 Å². The van der Waals surface area contributed by atoms with Gasteiger partial charge < -0.3 is 15.4 Å². The zero-order chi connectivity index (χ0) is 30.3. The van der Waals surface area contributed by atoms with Crippen LogP contribution in [0.3, 0.4) is 0 Å². The molecule has 218 valence electrons. The van der Waals surface area contributed by atoms with Crippen molar-refractivity contribution in [1.82, 2.24) is 20.4 Å². The zero-order valence-corrected chi connectivity index (χ0v) is 25.6. The first-order valence-electron chi connectivity index (χ1n) is 14.4. The maximum absolute atomic E-state index is 12.7. The summed E-state index contributed by atoms with van der Waals surface area (Å²) < 4.78 is 8.75. The van der Waals surface area contributed by atoms with E-state index in [-0.39, 0.29) is 5.91 Å². The van der Waals surface area contributed by atoms with Crippen molar-refractivity contribution >= 4 is 39.3 Å². The standard InChI is InChI=1S/C37H31BrN4O2/c1-2-28-8-6-7-11-33(28)30-18-21-35-34(38)25-41-42(35)36(22-30)39-23-26-12-14-27(15-13-26)24-40-37(43)29-16-19-32(20-17-29)44-31-9-4-3-5-10-31/h2-20,22,25,39H,1,21,23-24H2,(H,40,43). The zero-order valence-electron chi connectivity index (χ0n) is 24.0. The summed E-state index contributed by atoms with van der Waals surface area (Å²) in [5.41, 5.74) is 7.13. The van der Waals surface area contributed by atoms with Gasteiger partial charge in [0.1, 0.15) is 17.3 Å². The Balaban J connectivity index is 1.08. The van der Waals surface area contributed by atoms with E-state index in [1.165, 1.54) is 0 Å². The van der Waals surface area contributed by atoms with Gasteiger partial charge in [-0.1, -0.05) is 85.5 Å². The molecule has 0 atom stereocenters. The van der Waals surface area contributed by atoms with E-state index in [2.05, 4.69) is 74.7 Å². The summed E-state index contributed by atoms with van der Waals surface area (Å²) in [6, 6.07) is 33.2. The van der Waals surface area contributed by atoms with Gasteiger partial charge in [-0.25, -0.2) is 4.68 Å². The Morgan fingerprint density at radius 1 is 0.886 bits per heavy atom. The van der Waals surface area contributed by atoms with Gasteiger partial charge in [0.15, 0.2) is 0 Å². The number of benzene rings is 4. The number of carbonyl (C=O) groups excluding carboxylic acids is 1. The van der Waals surface area contributed by atoms with Gasteiger partial charge in [0.05, 0.1) is 16.4 Å². The Bertz CT molecular complexity index is 1840. The number of nitrogens with zero attached hydrogens (tertiary/aromatic N) is 2. The number of aromatic nitrogens is 2. The van der Waals surface area contributed by atoms with Crippen LogP contribution in [0.15, 0.2) is 133 Å². The third-order valence-corrected chi connectivity index (χ3v) is 8.05. The van der Waals surface area contributed by atoms with E-state index in [0.29, 0.717) is 24.4 Å². The largest absolute Gasteiger partial charge is 0.457 e. The average molecular weight is 644 g/mol. The number of ether oxygens (including phenoxy) is 1. The molecule has 7 heteroatoms. The molecule has 0 saturated heterocycles. The number of hydrogen-bond donors (Lipinski definition) is 2. The van der Waals surface area contributed by atoms with E-state index in [4.69, 9.17) is 4.74 Å². The maximum atomic E-state index is 12.7. The third-order valence-electron chi connectivity index (χ3n) is 7.39. The molecular formula is C37H31BrN4O2. The molecule has 6 nitrogen and oxygen atoms in total. The Hall–Kier alpha value is -5.14. The summed E-state index contributed by atoms with van der Waals surface area (Å²) in [5.74, 6) is 2.20. The minimum absolute atomic E-state index is 0.134. The lowest BCUT2D eigenvalue weighted by Crippen LogP contribution is -2.22. The van der Waals surface area contributed by atoms with E-state index in [1.54, 1.807) is 24.3 Å². The topological polar surface area (TPSA) is 68.2 Å². The van der Waals surface area contributed by atoms with Crippen LogP contribution in [0.25, 0.3) is 17.5 Å². The molecule has 1 aliphatic heterocycles. The highest BCUT2D eigenvalue weighted by Crippen LogP contribution is 2.29. The first-order chi connectivity index (χ1) is 21.6. The monoisotopic (exact) mass is 642 g/mol. The molecule has 0 radical (unpaired) electrons. The Labute approximate surface area is 265 Å². The van der Waals surface area contributed by atoms with Crippen molar-refractivity contribution in [3.05, 3.63) is 166 Å². The highest BCUT2D eigenvalue weighted by atomic mass is 79.9. The number of para-hydroxylation sites is 1. The molecule has 0 bridgehead atoms. The highest BCUT2D eigenvalue weighted by molar-refractivity contribution is 9.10. The molecule has 0 fully saturated rings. The lowest BCUT2D eigenvalue weighted by atomic mass is 9.98. The lowest BCUT2D eigenvalue weighted by molar-refractivity contribution is 0.0951. The molecule has 6 rings (SSSR count). The van der Waals surface area contributed by atoms with E-state index in [0.717, 1.165) is 56.0 Å². The number of amides is 1. The van der Waals surface area contributed by atoms with Crippen LogP contribution in [-0.4, -0.2) is 15.7 Å². The number of carbonyl (C=O) groups is 1. The first-order valence-corrected chi connectivity index (χ1v) is 15.2. The summed E-state index contributed by atoms with van der Waals surface area (Å²) in [4.78, 5) is 12.7. The van der Waals surface area contributed by atoms with Gasteiger partial charge >= 0.3 is 0 Å². The molecule has 4 aromatic carbocycles. The second-order valence-electron chi connectivity index (χ2n) is 10.3. The number of nitrogens with one attached hydrogen (secondary N) is 2. The van der Waals surface area contributed by atoms with Crippen LogP contribution >= 0.6 is 15.9 Å². The molecule has 0 unspecified atom stereocenters. The van der Waals surface area contributed by atoms with Crippen LogP contribution in [0.2, 0.25) is 0 Å². The summed E-state index contributed by atoms with van der Waals surface area (Å²) in [5, 5.41) is 11.2. The molecule has 2 heterocycles. The lowest BCUT2D eigenvalue weighted by Gasteiger charge is -2.14. The second-order valence-corrected chi connectivity index (χ2v) is 11.2. The van der Waals surface area contributed by atoms with Crippen LogP contribution in [0.4, 0.5) is 0 Å². The molecular weight excluding hydrogens is 612 g/mol. The fourth-order valence-corrected chi connectivity index (χ4v) is 5.44. The number of fused-ring (bicyclic) bond motifs is 1. The summed E-state index contributed by atoms with van der Waals surface area (Å²) in [7, 11) is 0. The second kappa shape index (κ2) is 13.4. The van der Waals surface area contributed by atoms with Crippen molar-refractivity contribution in [3.8, 4) is 11.5 Å². The van der Waals surface area contributed by atoms with E-state index in [1.807, 2.05) is 71.6 Å². The fraction of sp³-hybridized carbons (Fsp3) is 0.0811. The number of hydrogen-bond acceptors (Lipinski definition) is 4. The van der Waals surface area contributed by atoms with Gasteiger partial charge in [-0.05, 0) is 86.2 Å². The van der Waals surface area contributed by atoms with Crippen LogP contribution in [0.1, 0.15) is 38.3 Å². The Morgan fingerprint density at radius 2 is 1.57 bits per heavy atom. The van der Waals surface area contributed by atoms with Gasteiger partial charge in [-0.15, -0.1) is 0 Å². The number of rotatable bonds is 10. The molecule has 44 heavy (non-hydrogen) atoms. The molecule has 1 aromatic heterocycles. The molecule has 5 aromatic rings. The molecule has 2 N–H and O–H groups in total. The Morgan fingerprint density at radius 3 is 2.32 bits per heavy atom. The highest BCUT2D eigenvalue weighted by Gasteiger charge is 2.17. The van der Waals surface area contributed by atoms with Gasteiger partial charge in [0.25, 0.3) is 5.91 Å². The van der Waals surface area contributed by atoms with Gasteiger partial charge in [-0.2, -0.15) is 5.10 Å². The third kappa shape index (κ3) is 6.74. The van der Waals surface area contributed by atoms with E-state index >= 15 is 0 Å². The van der Waals surface area contributed by atoms with Crippen molar-refractivity contribution < 1.29 is 9.53 Å². The summed E-state index contributed by atoms with van der Waals surface area (Å²) >= 11 is 3.66. The maximum Gasteiger partial charge on any atom is 0.251 e. The predicted octanol–water partition coefficient (Wildman–Crippen LogP) is 8.24. The van der Waals surface area contributed by atoms with Crippen molar-refractivity contribution in [3.63, 3.8) is 0 Å². The number of allylic oxidation sites excluding steroid dienone is 3. The van der Waals surface area contributed by atoms with E-state index < -0.39 is 0 Å². The molecule has 0 spiro atoms. The van der Waals surface area contributed by atoms with Gasteiger partial charge in [0, 0.05) is 25.1 Å².